The second-order valence-electron chi connectivity index (χ2n) is 5.60. The van der Waals surface area contributed by atoms with Crippen LogP contribution < -0.4 is 5.73 Å². The molecule has 0 aliphatic carbocycles. The maximum Gasteiger partial charge on any atom is 0.147 e. The van der Waals surface area contributed by atoms with Crippen LogP contribution in [0.15, 0.2) is 42.5 Å². The molecule has 2 nitrogen and oxygen atoms in total. The van der Waals surface area contributed by atoms with E-state index in [1.807, 2.05) is 44.2 Å². The van der Waals surface area contributed by atoms with Gasteiger partial charge in [0.05, 0.1) is 10.0 Å². The first kappa shape index (κ1) is 15.9. The summed E-state index contributed by atoms with van der Waals surface area (Å²) in [6.07, 6.45) is 0.314. The topological polar surface area (TPSA) is 43.1 Å². The Labute approximate surface area is 134 Å². The number of nitrogen functional groups attached to an aromatic ring is 1. The van der Waals surface area contributed by atoms with Gasteiger partial charge >= 0.3 is 0 Å². The predicted molar refractivity (Wildman–Crippen MR) is 89.1 cm³/mol. The smallest absolute Gasteiger partial charge is 0.147 e. The molecule has 110 valence electrons. The SMILES string of the molecule is CC(C)(C(=O)Cc1ccc(Cl)c(Cl)c1)c1ccc(N)cc1. The molecule has 0 fully saturated rings. The van der Waals surface area contributed by atoms with Crippen LogP contribution in [0, 0.1) is 0 Å². The molecule has 0 unspecified atom stereocenters. The molecular weight excluding hydrogens is 305 g/mol. The summed E-state index contributed by atoms with van der Waals surface area (Å²) in [7, 11) is 0. The van der Waals surface area contributed by atoms with Crippen molar-refractivity contribution < 1.29 is 4.79 Å². The molecule has 0 atom stereocenters. The molecule has 0 amide bonds. The molecule has 4 heteroatoms. The summed E-state index contributed by atoms with van der Waals surface area (Å²) in [4.78, 5) is 12.6. The zero-order valence-corrected chi connectivity index (χ0v) is 13.5. The standard InChI is InChI=1S/C17H17Cl2NO/c1-17(2,12-4-6-13(20)7-5-12)16(21)10-11-3-8-14(18)15(19)9-11/h3-9H,10,20H2,1-2H3. The van der Waals surface area contributed by atoms with Gasteiger partial charge in [0.2, 0.25) is 0 Å². The summed E-state index contributed by atoms with van der Waals surface area (Å²) < 4.78 is 0. The third kappa shape index (κ3) is 3.58. The number of hydrogen-bond donors (Lipinski definition) is 1. The van der Waals surface area contributed by atoms with Gasteiger partial charge in [-0.3, -0.25) is 4.79 Å². The van der Waals surface area contributed by atoms with E-state index in [-0.39, 0.29) is 5.78 Å². The lowest BCUT2D eigenvalue weighted by atomic mass is 9.78. The van der Waals surface area contributed by atoms with Crippen LogP contribution in [0.25, 0.3) is 0 Å². The number of halogens is 2. The second-order valence-corrected chi connectivity index (χ2v) is 6.41. The number of nitrogens with two attached hydrogens (primary N) is 1. The molecule has 0 aliphatic rings. The lowest BCUT2D eigenvalue weighted by molar-refractivity contribution is -0.122. The minimum Gasteiger partial charge on any atom is -0.399 e. The van der Waals surface area contributed by atoms with E-state index in [1.54, 1.807) is 12.1 Å². The fourth-order valence-corrected chi connectivity index (χ4v) is 2.44. The molecule has 0 radical (unpaired) electrons. The zero-order chi connectivity index (χ0) is 15.6. The van der Waals surface area contributed by atoms with Crippen LogP contribution in [-0.2, 0) is 16.6 Å². The summed E-state index contributed by atoms with van der Waals surface area (Å²) in [5, 5.41) is 0.956. The van der Waals surface area contributed by atoms with Crippen LogP contribution in [0.5, 0.6) is 0 Å². The van der Waals surface area contributed by atoms with Crippen molar-refractivity contribution in [3.05, 3.63) is 63.6 Å². The van der Waals surface area contributed by atoms with E-state index in [1.165, 1.54) is 0 Å². The molecule has 0 bridgehead atoms. The molecule has 21 heavy (non-hydrogen) atoms. The van der Waals surface area contributed by atoms with E-state index in [9.17, 15) is 4.79 Å². The summed E-state index contributed by atoms with van der Waals surface area (Å²) in [5.74, 6) is 0.116. The Morgan fingerprint density at radius 2 is 1.67 bits per heavy atom. The monoisotopic (exact) mass is 321 g/mol. The summed E-state index contributed by atoms with van der Waals surface area (Å²) >= 11 is 11.9. The Kier molecular flexibility index (Phi) is 4.60. The molecule has 2 aromatic rings. The third-order valence-electron chi connectivity index (χ3n) is 3.68. The van der Waals surface area contributed by atoms with Crippen LogP contribution in [0.1, 0.15) is 25.0 Å². The molecular formula is C17H17Cl2NO. The lowest BCUT2D eigenvalue weighted by Gasteiger charge is -2.24. The maximum atomic E-state index is 12.6. The summed E-state index contributed by atoms with van der Waals surface area (Å²) in [6, 6.07) is 12.7. The van der Waals surface area contributed by atoms with Gasteiger partial charge in [-0.15, -0.1) is 0 Å². The van der Waals surface area contributed by atoms with Gasteiger partial charge in [-0.05, 0) is 49.2 Å². The van der Waals surface area contributed by atoms with Crippen molar-refractivity contribution in [3.63, 3.8) is 0 Å². The van der Waals surface area contributed by atoms with E-state index < -0.39 is 5.41 Å². The molecule has 0 aromatic heterocycles. The Bertz CT molecular complexity index is 663. The van der Waals surface area contributed by atoms with Gasteiger partial charge in [-0.1, -0.05) is 41.4 Å². The van der Waals surface area contributed by atoms with Gasteiger partial charge in [0, 0.05) is 17.5 Å². The Morgan fingerprint density at radius 3 is 2.24 bits per heavy atom. The van der Waals surface area contributed by atoms with Gasteiger partial charge in [0.25, 0.3) is 0 Å². The fraction of sp³-hybridized carbons (Fsp3) is 0.235. The van der Waals surface area contributed by atoms with Crippen LogP contribution in [0.3, 0.4) is 0 Å². The highest BCUT2D eigenvalue weighted by molar-refractivity contribution is 6.42. The highest BCUT2D eigenvalue weighted by atomic mass is 35.5. The van der Waals surface area contributed by atoms with E-state index >= 15 is 0 Å². The van der Waals surface area contributed by atoms with Crippen molar-refractivity contribution in [2.75, 3.05) is 5.73 Å². The van der Waals surface area contributed by atoms with Crippen molar-refractivity contribution in [1.29, 1.82) is 0 Å². The Morgan fingerprint density at radius 1 is 1.05 bits per heavy atom. The third-order valence-corrected chi connectivity index (χ3v) is 4.42. The molecule has 2 N–H and O–H groups in total. The number of carbonyl (C=O) groups excluding carboxylic acids is 1. The van der Waals surface area contributed by atoms with Gasteiger partial charge < -0.3 is 5.73 Å². The Hall–Kier alpha value is -1.51. The van der Waals surface area contributed by atoms with Crippen molar-refractivity contribution >= 4 is 34.7 Å². The normalized spacial score (nSPS) is 11.4. The minimum atomic E-state index is -0.584. The molecule has 2 aromatic carbocycles. The van der Waals surface area contributed by atoms with Crippen LogP contribution in [0.4, 0.5) is 5.69 Å². The first-order chi connectivity index (χ1) is 9.80. The fourth-order valence-electron chi connectivity index (χ4n) is 2.12. The van der Waals surface area contributed by atoms with E-state index in [2.05, 4.69) is 0 Å². The second kappa shape index (κ2) is 6.08. The molecule has 0 saturated carbocycles. The maximum absolute atomic E-state index is 12.6. The lowest BCUT2D eigenvalue weighted by Crippen LogP contribution is -2.30. The number of benzene rings is 2. The molecule has 0 saturated heterocycles. The average molecular weight is 322 g/mol. The van der Waals surface area contributed by atoms with Crippen LogP contribution in [0.2, 0.25) is 10.0 Å². The number of carbonyl (C=O) groups is 1. The van der Waals surface area contributed by atoms with Crippen LogP contribution >= 0.6 is 23.2 Å². The largest absolute Gasteiger partial charge is 0.399 e. The number of rotatable bonds is 4. The Balaban J connectivity index is 2.21. The first-order valence-corrected chi connectivity index (χ1v) is 7.39. The average Bonchev–Trinajstić information content (AvgIpc) is 2.43. The van der Waals surface area contributed by atoms with Gasteiger partial charge in [0.1, 0.15) is 5.78 Å². The first-order valence-electron chi connectivity index (χ1n) is 6.64. The predicted octanol–water partition coefficient (Wildman–Crippen LogP) is 4.67. The molecule has 0 heterocycles. The summed E-state index contributed by atoms with van der Waals surface area (Å²) in [6.45, 7) is 3.83. The number of hydrogen-bond acceptors (Lipinski definition) is 2. The van der Waals surface area contributed by atoms with E-state index in [0.717, 1.165) is 11.1 Å². The van der Waals surface area contributed by atoms with Crippen molar-refractivity contribution in [1.82, 2.24) is 0 Å². The van der Waals surface area contributed by atoms with E-state index in [4.69, 9.17) is 28.9 Å². The number of anilines is 1. The van der Waals surface area contributed by atoms with Gasteiger partial charge in [0.15, 0.2) is 0 Å². The number of Topliss-reactive ketones (excluding diaryl/α,β-unsaturated/α-hetero) is 1. The van der Waals surface area contributed by atoms with Crippen molar-refractivity contribution in [2.45, 2.75) is 25.7 Å². The van der Waals surface area contributed by atoms with E-state index in [0.29, 0.717) is 22.2 Å². The highest BCUT2D eigenvalue weighted by Crippen LogP contribution is 2.28. The van der Waals surface area contributed by atoms with Crippen molar-refractivity contribution in [3.8, 4) is 0 Å². The van der Waals surface area contributed by atoms with Crippen molar-refractivity contribution in [2.24, 2.45) is 0 Å². The minimum absolute atomic E-state index is 0.116. The van der Waals surface area contributed by atoms with Gasteiger partial charge in [-0.2, -0.15) is 0 Å². The highest BCUT2D eigenvalue weighted by Gasteiger charge is 2.29. The van der Waals surface area contributed by atoms with Crippen LogP contribution in [-0.4, -0.2) is 5.78 Å². The zero-order valence-electron chi connectivity index (χ0n) is 12.0. The molecule has 0 aliphatic heterocycles. The number of ketones is 1. The molecule has 0 spiro atoms. The summed E-state index contributed by atoms with van der Waals surface area (Å²) in [5.41, 5.74) is 7.60. The van der Waals surface area contributed by atoms with Gasteiger partial charge in [-0.25, -0.2) is 0 Å². The quantitative estimate of drug-likeness (QED) is 0.832. The molecule has 2 rings (SSSR count).